The van der Waals surface area contributed by atoms with Crippen LogP contribution < -0.4 is 0 Å². The predicted octanol–water partition coefficient (Wildman–Crippen LogP) is 4.83. The standard InChI is InChI=1S/C22H34N2O2/c1-21(2,3)26-20(25)24-15-9-5-8-12-22(24)13-16-23(17-14-22)18-19-10-6-4-7-11-19/h4,6-7,10-11H,5,8-9,12-18H2,1-3H3. The lowest BCUT2D eigenvalue weighted by Gasteiger charge is -2.48. The first-order chi connectivity index (χ1) is 12.4. The Morgan fingerprint density at radius 2 is 1.69 bits per heavy atom. The number of carbonyl (C=O) groups is 1. The number of hydrogen-bond acceptors (Lipinski definition) is 3. The van der Waals surface area contributed by atoms with Gasteiger partial charge in [0.2, 0.25) is 0 Å². The van der Waals surface area contributed by atoms with Gasteiger partial charge in [0.25, 0.3) is 0 Å². The molecule has 0 atom stereocenters. The van der Waals surface area contributed by atoms with Crippen LogP contribution in [0, 0.1) is 0 Å². The van der Waals surface area contributed by atoms with Crippen LogP contribution in [0.2, 0.25) is 0 Å². The van der Waals surface area contributed by atoms with E-state index in [-0.39, 0.29) is 11.6 Å². The van der Waals surface area contributed by atoms with Crippen molar-refractivity contribution < 1.29 is 9.53 Å². The van der Waals surface area contributed by atoms with Crippen molar-refractivity contribution in [2.24, 2.45) is 0 Å². The molecule has 2 aliphatic rings. The molecule has 4 heteroatoms. The lowest BCUT2D eigenvalue weighted by molar-refractivity contribution is -0.0224. The number of rotatable bonds is 2. The van der Waals surface area contributed by atoms with E-state index in [1.165, 1.54) is 18.4 Å². The van der Waals surface area contributed by atoms with Crippen LogP contribution in [-0.4, -0.2) is 46.7 Å². The van der Waals surface area contributed by atoms with E-state index in [0.29, 0.717) is 0 Å². The summed E-state index contributed by atoms with van der Waals surface area (Å²) in [5.74, 6) is 0. The molecule has 2 saturated heterocycles. The van der Waals surface area contributed by atoms with Gasteiger partial charge in [0.05, 0.1) is 0 Å². The van der Waals surface area contributed by atoms with E-state index < -0.39 is 5.60 Å². The van der Waals surface area contributed by atoms with E-state index >= 15 is 0 Å². The van der Waals surface area contributed by atoms with Crippen LogP contribution in [0.5, 0.6) is 0 Å². The zero-order chi connectivity index (χ0) is 18.6. The smallest absolute Gasteiger partial charge is 0.410 e. The molecule has 1 spiro atoms. The van der Waals surface area contributed by atoms with Crippen LogP contribution in [0.3, 0.4) is 0 Å². The minimum atomic E-state index is -0.432. The van der Waals surface area contributed by atoms with E-state index in [1.807, 2.05) is 20.8 Å². The second kappa shape index (κ2) is 7.99. The van der Waals surface area contributed by atoms with Crippen LogP contribution in [-0.2, 0) is 11.3 Å². The molecular formula is C22H34N2O2. The minimum Gasteiger partial charge on any atom is -0.444 e. The van der Waals surface area contributed by atoms with Crippen LogP contribution in [0.15, 0.2) is 30.3 Å². The van der Waals surface area contributed by atoms with Gasteiger partial charge in [0.15, 0.2) is 0 Å². The highest BCUT2D eigenvalue weighted by molar-refractivity contribution is 5.69. The first-order valence-corrected chi connectivity index (χ1v) is 10.1. The fourth-order valence-electron chi connectivity index (χ4n) is 4.36. The van der Waals surface area contributed by atoms with Crippen molar-refractivity contribution in [1.29, 1.82) is 0 Å². The summed E-state index contributed by atoms with van der Waals surface area (Å²) in [6, 6.07) is 10.7. The normalized spacial score (nSPS) is 21.4. The first kappa shape index (κ1) is 19.2. The summed E-state index contributed by atoms with van der Waals surface area (Å²) in [6.45, 7) is 9.81. The quantitative estimate of drug-likeness (QED) is 0.759. The molecule has 1 aromatic carbocycles. The zero-order valence-electron chi connectivity index (χ0n) is 16.7. The van der Waals surface area contributed by atoms with E-state index in [2.05, 4.69) is 40.1 Å². The first-order valence-electron chi connectivity index (χ1n) is 10.1. The molecule has 0 N–H and O–H groups in total. The van der Waals surface area contributed by atoms with Gasteiger partial charge in [-0.15, -0.1) is 0 Å². The van der Waals surface area contributed by atoms with Crippen molar-refractivity contribution in [3.63, 3.8) is 0 Å². The molecule has 1 amide bonds. The second-order valence-corrected chi connectivity index (χ2v) is 8.93. The van der Waals surface area contributed by atoms with Crippen molar-refractivity contribution in [2.45, 2.75) is 77.0 Å². The fraction of sp³-hybridized carbons (Fsp3) is 0.682. The lowest BCUT2D eigenvalue weighted by atomic mass is 9.82. The third-order valence-corrected chi connectivity index (χ3v) is 5.75. The van der Waals surface area contributed by atoms with E-state index in [9.17, 15) is 4.79 Å². The largest absolute Gasteiger partial charge is 0.444 e. The van der Waals surface area contributed by atoms with Crippen molar-refractivity contribution in [3.8, 4) is 0 Å². The molecule has 0 unspecified atom stereocenters. The van der Waals surface area contributed by atoms with Crippen molar-refractivity contribution >= 4 is 6.09 Å². The van der Waals surface area contributed by atoms with Crippen LogP contribution in [0.4, 0.5) is 4.79 Å². The van der Waals surface area contributed by atoms with Crippen molar-refractivity contribution in [3.05, 3.63) is 35.9 Å². The Balaban J connectivity index is 1.67. The van der Waals surface area contributed by atoms with Gasteiger partial charge in [-0.25, -0.2) is 4.79 Å². The number of carbonyl (C=O) groups excluding carboxylic acids is 1. The topological polar surface area (TPSA) is 32.8 Å². The number of amides is 1. The van der Waals surface area contributed by atoms with Gasteiger partial charge in [-0.05, 0) is 52.0 Å². The Morgan fingerprint density at radius 1 is 1.00 bits per heavy atom. The lowest BCUT2D eigenvalue weighted by Crippen LogP contribution is -2.57. The molecule has 0 radical (unpaired) electrons. The van der Waals surface area contributed by atoms with Gasteiger partial charge in [-0.1, -0.05) is 43.2 Å². The van der Waals surface area contributed by atoms with Gasteiger partial charge >= 0.3 is 6.09 Å². The molecule has 2 aliphatic heterocycles. The number of hydrogen-bond donors (Lipinski definition) is 0. The number of ether oxygens (including phenoxy) is 1. The van der Waals surface area contributed by atoms with Gasteiger partial charge in [-0.3, -0.25) is 4.90 Å². The SMILES string of the molecule is CC(C)(C)OC(=O)N1CCCCCC12CCN(Cc1ccccc1)CC2. The molecule has 4 nitrogen and oxygen atoms in total. The molecule has 0 aliphatic carbocycles. The summed E-state index contributed by atoms with van der Waals surface area (Å²) in [5.41, 5.74) is 0.929. The average molecular weight is 359 g/mol. The molecule has 0 aromatic heterocycles. The molecule has 0 saturated carbocycles. The minimum absolute atomic E-state index is 0.00792. The number of likely N-dealkylation sites (tertiary alicyclic amines) is 2. The van der Waals surface area contributed by atoms with Gasteiger partial charge in [0.1, 0.15) is 5.60 Å². The summed E-state index contributed by atoms with van der Waals surface area (Å²) >= 11 is 0. The van der Waals surface area contributed by atoms with Crippen LogP contribution in [0.25, 0.3) is 0 Å². The summed E-state index contributed by atoms with van der Waals surface area (Å²) in [5, 5.41) is 0. The molecule has 3 rings (SSSR count). The molecule has 144 valence electrons. The number of nitrogens with zero attached hydrogens (tertiary/aromatic N) is 2. The van der Waals surface area contributed by atoms with Crippen molar-refractivity contribution in [1.82, 2.24) is 9.80 Å². The predicted molar refractivity (Wildman–Crippen MR) is 105 cm³/mol. The maximum atomic E-state index is 12.9. The summed E-state index contributed by atoms with van der Waals surface area (Å²) in [4.78, 5) is 17.5. The Labute approximate surface area is 158 Å². The second-order valence-electron chi connectivity index (χ2n) is 8.93. The monoisotopic (exact) mass is 358 g/mol. The molecular weight excluding hydrogens is 324 g/mol. The highest BCUT2D eigenvalue weighted by Gasteiger charge is 2.44. The van der Waals surface area contributed by atoms with Crippen LogP contribution in [0.1, 0.15) is 64.9 Å². The average Bonchev–Trinajstić information content (AvgIpc) is 2.79. The van der Waals surface area contributed by atoms with E-state index in [4.69, 9.17) is 4.74 Å². The number of piperidine rings is 1. The highest BCUT2D eigenvalue weighted by Crippen LogP contribution is 2.37. The third-order valence-electron chi connectivity index (χ3n) is 5.75. The summed E-state index contributed by atoms with van der Waals surface area (Å²) < 4.78 is 5.76. The third kappa shape index (κ3) is 4.79. The summed E-state index contributed by atoms with van der Waals surface area (Å²) in [7, 11) is 0. The molecule has 1 aromatic rings. The Bertz CT molecular complexity index is 586. The van der Waals surface area contributed by atoms with Crippen molar-refractivity contribution in [2.75, 3.05) is 19.6 Å². The van der Waals surface area contributed by atoms with E-state index in [1.54, 1.807) is 0 Å². The highest BCUT2D eigenvalue weighted by atomic mass is 16.6. The molecule has 2 fully saturated rings. The van der Waals surface area contributed by atoms with E-state index in [0.717, 1.165) is 51.9 Å². The zero-order valence-corrected chi connectivity index (χ0v) is 16.7. The van der Waals surface area contributed by atoms with Crippen LogP contribution >= 0.6 is 0 Å². The molecule has 2 heterocycles. The molecule has 26 heavy (non-hydrogen) atoms. The molecule has 0 bridgehead atoms. The summed E-state index contributed by atoms with van der Waals surface area (Å²) in [6.07, 6.45) is 6.64. The van der Waals surface area contributed by atoms with Gasteiger partial charge in [-0.2, -0.15) is 0 Å². The van der Waals surface area contributed by atoms with Gasteiger partial charge < -0.3 is 9.64 Å². The Morgan fingerprint density at radius 3 is 2.35 bits per heavy atom. The Hall–Kier alpha value is -1.55. The number of benzene rings is 1. The van der Waals surface area contributed by atoms with Gasteiger partial charge in [0, 0.05) is 31.7 Å². The maximum Gasteiger partial charge on any atom is 0.410 e. The maximum absolute atomic E-state index is 12.9. The Kier molecular flexibility index (Phi) is 5.91. The fourth-order valence-corrected chi connectivity index (χ4v) is 4.36.